The van der Waals surface area contributed by atoms with Gasteiger partial charge in [0.25, 0.3) is 0 Å². The van der Waals surface area contributed by atoms with E-state index in [4.69, 9.17) is 5.11 Å². The average Bonchev–Trinajstić information content (AvgIpc) is 2.60. The van der Waals surface area contributed by atoms with Gasteiger partial charge in [-0.15, -0.1) is 0 Å². The van der Waals surface area contributed by atoms with Crippen LogP contribution in [0.1, 0.15) is 26.3 Å². The van der Waals surface area contributed by atoms with Crippen molar-refractivity contribution in [2.24, 2.45) is 0 Å². The number of hydrogen-bond acceptors (Lipinski definition) is 3. The maximum atomic E-state index is 10.6. The summed E-state index contributed by atoms with van der Waals surface area (Å²) in [5.74, 6) is -2.50. The number of carboxylic acids is 2. The highest BCUT2D eigenvalue weighted by atomic mass is 16.4. The number of carbonyl (C=O) groups is 2. The first-order valence-corrected chi connectivity index (χ1v) is 8.47. The fourth-order valence-electron chi connectivity index (χ4n) is 2.88. The van der Waals surface area contributed by atoms with E-state index in [1.807, 2.05) is 0 Å². The molecule has 0 heterocycles. The molecule has 1 N–H and O–H groups in total. The number of nitrogens with zero attached hydrogens (tertiary/aromatic N) is 1. The minimum Gasteiger partial charge on any atom is -0.545 e. The van der Waals surface area contributed by atoms with Gasteiger partial charge in [-0.1, -0.05) is 42.5 Å². The Morgan fingerprint density at radius 3 is 2.00 bits per heavy atom. The lowest BCUT2D eigenvalue weighted by Crippen LogP contribution is -2.34. The molecule has 140 valence electrons. The van der Waals surface area contributed by atoms with Gasteiger partial charge in [-0.2, -0.15) is 0 Å². The van der Waals surface area contributed by atoms with Gasteiger partial charge >= 0.3 is 5.97 Å². The number of hydrogen-bond donors (Lipinski definition) is 1. The third kappa shape index (κ3) is 4.71. The molecule has 0 bridgehead atoms. The molecule has 3 rings (SSSR count). The molecule has 0 aromatic heterocycles. The first kappa shape index (κ1) is 20.1. The summed E-state index contributed by atoms with van der Waals surface area (Å²) in [6.45, 7) is 1.44. The molecule has 0 atom stereocenters. The van der Waals surface area contributed by atoms with Gasteiger partial charge in [-0.25, -0.2) is 4.79 Å². The highest BCUT2D eigenvalue weighted by Crippen LogP contribution is 2.27. The smallest absolute Gasteiger partial charge is 0.335 e. The van der Waals surface area contributed by atoms with Crippen molar-refractivity contribution in [3.05, 3.63) is 77.4 Å². The van der Waals surface area contributed by atoms with Crippen molar-refractivity contribution in [2.45, 2.75) is 6.92 Å². The fourth-order valence-corrected chi connectivity index (χ4v) is 2.88. The van der Waals surface area contributed by atoms with Crippen LogP contribution in [-0.2, 0) is 0 Å². The first-order valence-electron chi connectivity index (χ1n) is 8.47. The molecule has 5 nitrogen and oxygen atoms in total. The van der Waals surface area contributed by atoms with Crippen molar-refractivity contribution in [1.29, 1.82) is 0 Å². The number of fused-ring (bicyclic) bond motifs is 1. The summed E-state index contributed by atoms with van der Waals surface area (Å²) in [5.41, 5.74) is 1.49. The molecular weight excluding hydrogens is 342 g/mol. The highest BCUT2D eigenvalue weighted by molar-refractivity contribution is 5.95. The molecule has 0 spiro atoms. The van der Waals surface area contributed by atoms with Gasteiger partial charge < -0.3 is 15.0 Å². The molecule has 3 aromatic rings. The van der Waals surface area contributed by atoms with E-state index in [1.165, 1.54) is 41.6 Å². The molecule has 3 aromatic carbocycles. The fraction of sp³-hybridized carbons (Fsp3) is 0.182. The Bertz CT molecular complexity index is 950. The zero-order chi connectivity index (χ0) is 20.2. The summed E-state index contributed by atoms with van der Waals surface area (Å²) < 4.78 is 0.862. The topological polar surface area (TPSA) is 77.4 Å². The Hall–Kier alpha value is -3.18. The number of aromatic carboxylic acids is 2. The second kappa shape index (κ2) is 8.01. The van der Waals surface area contributed by atoms with E-state index < -0.39 is 11.9 Å². The second-order valence-corrected chi connectivity index (χ2v) is 7.08. The van der Waals surface area contributed by atoms with Crippen LogP contribution in [0.4, 0.5) is 5.69 Å². The maximum absolute atomic E-state index is 10.6. The Labute approximate surface area is 158 Å². The summed E-state index contributed by atoms with van der Waals surface area (Å²) >= 11 is 0. The van der Waals surface area contributed by atoms with Crippen LogP contribution in [0.25, 0.3) is 10.8 Å². The third-order valence-electron chi connectivity index (χ3n) is 4.27. The predicted octanol–water partition coefficient (Wildman–Crippen LogP) is 3.09. The van der Waals surface area contributed by atoms with Gasteiger partial charge in [0.1, 0.15) is 5.69 Å². The van der Waals surface area contributed by atoms with Crippen molar-refractivity contribution >= 4 is 28.4 Å². The van der Waals surface area contributed by atoms with Gasteiger partial charge in [0.15, 0.2) is 0 Å². The SMILES string of the molecule is C[N+](C)(C)c1cccc2ccccc12.Cc1c(C(=O)[O-])cccc1C(=O)O. The van der Waals surface area contributed by atoms with Crippen LogP contribution >= 0.6 is 0 Å². The number of benzene rings is 3. The Morgan fingerprint density at radius 2 is 1.41 bits per heavy atom. The molecule has 0 saturated carbocycles. The normalized spacial score (nSPS) is 10.8. The van der Waals surface area contributed by atoms with Crippen LogP contribution < -0.4 is 9.59 Å². The summed E-state index contributed by atoms with van der Waals surface area (Å²) in [6, 6.07) is 19.1. The summed E-state index contributed by atoms with van der Waals surface area (Å²) in [6.07, 6.45) is 0. The molecule has 0 unspecified atom stereocenters. The highest BCUT2D eigenvalue weighted by Gasteiger charge is 2.14. The van der Waals surface area contributed by atoms with Crippen LogP contribution in [0.5, 0.6) is 0 Å². The Morgan fingerprint density at radius 1 is 0.852 bits per heavy atom. The molecular formula is C22H23NO4. The van der Waals surface area contributed by atoms with Gasteiger partial charge in [0, 0.05) is 10.9 Å². The first-order chi connectivity index (χ1) is 12.6. The molecule has 0 saturated heterocycles. The predicted molar refractivity (Wildman–Crippen MR) is 106 cm³/mol. The quantitative estimate of drug-likeness (QED) is 0.724. The zero-order valence-corrected chi connectivity index (χ0v) is 15.9. The lowest BCUT2D eigenvalue weighted by atomic mass is 10.0. The van der Waals surface area contributed by atoms with E-state index in [1.54, 1.807) is 0 Å². The van der Waals surface area contributed by atoms with Gasteiger partial charge in [-0.05, 0) is 36.1 Å². The van der Waals surface area contributed by atoms with E-state index >= 15 is 0 Å². The lowest BCUT2D eigenvalue weighted by molar-refractivity contribution is -0.255. The second-order valence-electron chi connectivity index (χ2n) is 7.08. The van der Waals surface area contributed by atoms with E-state index in [-0.39, 0.29) is 16.7 Å². The van der Waals surface area contributed by atoms with E-state index in [9.17, 15) is 14.7 Å². The largest absolute Gasteiger partial charge is 0.545 e. The van der Waals surface area contributed by atoms with Crippen molar-refractivity contribution in [2.75, 3.05) is 21.1 Å². The minimum atomic E-state index is -1.36. The molecule has 0 aliphatic heterocycles. The monoisotopic (exact) mass is 365 g/mol. The molecule has 0 radical (unpaired) electrons. The van der Waals surface area contributed by atoms with Gasteiger partial charge in [-0.3, -0.25) is 4.48 Å². The van der Waals surface area contributed by atoms with E-state index in [0.717, 1.165) is 4.48 Å². The van der Waals surface area contributed by atoms with Crippen molar-refractivity contribution < 1.29 is 19.8 Å². The minimum absolute atomic E-state index is 0.0123. The number of rotatable bonds is 3. The molecule has 5 heteroatoms. The van der Waals surface area contributed by atoms with Crippen LogP contribution in [0.3, 0.4) is 0 Å². The maximum Gasteiger partial charge on any atom is 0.335 e. The zero-order valence-electron chi connectivity index (χ0n) is 15.9. The molecule has 0 aliphatic carbocycles. The third-order valence-corrected chi connectivity index (χ3v) is 4.27. The molecule has 27 heavy (non-hydrogen) atoms. The van der Waals surface area contributed by atoms with Crippen molar-refractivity contribution in [3.63, 3.8) is 0 Å². The van der Waals surface area contributed by atoms with Gasteiger partial charge in [0.2, 0.25) is 0 Å². The number of carboxylic acid groups (broad SMARTS) is 2. The molecule has 0 aliphatic rings. The molecule has 0 amide bonds. The van der Waals surface area contributed by atoms with Crippen molar-refractivity contribution in [3.8, 4) is 0 Å². The van der Waals surface area contributed by atoms with Crippen molar-refractivity contribution in [1.82, 2.24) is 4.48 Å². The lowest BCUT2D eigenvalue weighted by Gasteiger charge is -2.24. The van der Waals surface area contributed by atoms with E-state index in [2.05, 4.69) is 63.6 Å². The number of carbonyl (C=O) groups excluding carboxylic acids is 1. The number of quaternary nitrogens is 1. The molecule has 0 fully saturated rings. The van der Waals surface area contributed by atoms with Crippen LogP contribution in [0, 0.1) is 6.92 Å². The van der Waals surface area contributed by atoms with Gasteiger partial charge in [0.05, 0.1) is 32.7 Å². The summed E-state index contributed by atoms with van der Waals surface area (Å²) in [5, 5.41) is 21.8. The average molecular weight is 365 g/mol. The summed E-state index contributed by atoms with van der Waals surface area (Å²) in [7, 11) is 6.59. The van der Waals surface area contributed by atoms with Crippen LogP contribution in [0.15, 0.2) is 60.7 Å². The Kier molecular flexibility index (Phi) is 5.98. The standard InChI is InChI=1S/C13H16N.C9H8O4/c1-14(2,3)13-10-6-8-11-7-4-5-9-12(11)13;1-5-6(8(10)11)3-2-4-7(5)9(12)13/h4-10H,1-3H3;2-4H,1H3,(H,10,11)(H,12,13)/q+1;/p-1. The van der Waals surface area contributed by atoms with E-state index in [0.29, 0.717) is 0 Å². The van der Waals surface area contributed by atoms with Crippen LogP contribution in [0.2, 0.25) is 0 Å². The Balaban J connectivity index is 0.000000194. The van der Waals surface area contributed by atoms with Crippen LogP contribution in [-0.4, -0.2) is 38.2 Å². The summed E-state index contributed by atoms with van der Waals surface area (Å²) in [4.78, 5) is 21.1.